The first-order chi connectivity index (χ1) is 9.20. The summed E-state index contributed by atoms with van der Waals surface area (Å²) in [5.74, 6) is 0. The predicted molar refractivity (Wildman–Crippen MR) is 74.3 cm³/mol. The molecule has 0 fully saturated rings. The first-order valence-corrected chi connectivity index (χ1v) is 8.24. The summed E-state index contributed by atoms with van der Waals surface area (Å²) in [6.45, 7) is 0. The van der Waals surface area contributed by atoms with Crippen molar-refractivity contribution in [2.24, 2.45) is 0 Å². The maximum atomic E-state index is 12.8. The average molecular weight is 386 g/mol. The van der Waals surface area contributed by atoms with E-state index in [1.54, 1.807) is 0 Å². The van der Waals surface area contributed by atoms with Crippen LogP contribution in [-0.4, -0.2) is 8.42 Å². The van der Waals surface area contributed by atoms with Crippen LogP contribution in [0.25, 0.3) is 0 Å². The van der Waals surface area contributed by atoms with E-state index in [1.807, 2.05) is 4.72 Å². The van der Waals surface area contributed by atoms with Crippen molar-refractivity contribution in [3.05, 3.63) is 45.7 Å². The molecular weight excluding hydrogens is 379 g/mol. The number of para-hydroxylation sites is 1. The Labute approximate surface area is 125 Å². The zero-order valence-electron chi connectivity index (χ0n) is 9.61. The second-order valence-corrected chi connectivity index (χ2v) is 8.08. The maximum Gasteiger partial charge on any atom is 0.418 e. The van der Waals surface area contributed by atoms with Crippen LogP contribution in [-0.2, 0) is 16.2 Å². The molecule has 1 heterocycles. The molecule has 0 radical (unpaired) electrons. The number of halogens is 4. The minimum atomic E-state index is -4.63. The van der Waals surface area contributed by atoms with Gasteiger partial charge in [0.25, 0.3) is 10.0 Å². The number of alkyl halides is 3. The Kier molecular flexibility index (Phi) is 4.12. The summed E-state index contributed by atoms with van der Waals surface area (Å²) in [6.07, 6.45) is -4.63. The van der Waals surface area contributed by atoms with Gasteiger partial charge in [0, 0.05) is 0 Å². The third-order valence-corrected chi connectivity index (χ3v) is 5.77. The summed E-state index contributed by atoms with van der Waals surface area (Å²) >= 11 is 4.01. The van der Waals surface area contributed by atoms with Crippen LogP contribution in [0, 0.1) is 0 Å². The van der Waals surface area contributed by atoms with Crippen LogP contribution >= 0.6 is 27.3 Å². The van der Waals surface area contributed by atoms with Crippen LogP contribution in [0.3, 0.4) is 0 Å². The number of hydrogen-bond donors (Lipinski definition) is 1. The molecule has 0 unspecified atom stereocenters. The highest BCUT2D eigenvalue weighted by Crippen LogP contribution is 2.36. The smallest absolute Gasteiger partial charge is 0.278 e. The van der Waals surface area contributed by atoms with Gasteiger partial charge in [-0.15, -0.1) is 11.3 Å². The third-order valence-electron chi connectivity index (χ3n) is 2.29. The Hall–Kier alpha value is -1.06. The summed E-state index contributed by atoms with van der Waals surface area (Å²) < 4.78 is 64.8. The molecule has 0 amide bonds. The highest BCUT2D eigenvalue weighted by atomic mass is 79.9. The van der Waals surface area contributed by atoms with Gasteiger partial charge in [-0.05, 0) is 40.2 Å². The number of hydrogen-bond acceptors (Lipinski definition) is 3. The maximum absolute atomic E-state index is 12.8. The molecule has 1 N–H and O–H groups in total. The lowest BCUT2D eigenvalue weighted by Crippen LogP contribution is -2.16. The highest BCUT2D eigenvalue weighted by Gasteiger charge is 2.34. The molecule has 0 saturated heterocycles. The third kappa shape index (κ3) is 3.33. The van der Waals surface area contributed by atoms with Crippen LogP contribution in [0.5, 0.6) is 0 Å². The van der Waals surface area contributed by atoms with Gasteiger partial charge in [-0.3, -0.25) is 4.72 Å². The van der Waals surface area contributed by atoms with Crippen molar-refractivity contribution in [3.8, 4) is 0 Å². The minimum Gasteiger partial charge on any atom is -0.278 e. The van der Waals surface area contributed by atoms with Gasteiger partial charge in [-0.25, -0.2) is 8.42 Å². The number of sulfonamides is 1. The van der Waals surface area contributed by atoms with E-state index in [9.17, 15) is 21.6 Å². The summed E-state index contributed by atoms with van der Waals surface area (Å²) in [6, 6.07) is 7.24. The van der Waals surface area contributed by atoms with Crippen molar-refractivity contribution >= 4 is 43.0 Å². The molecule has 0 aliphatic heterocycles. The summed E-state index contributed by atoms with van der Waals surface area (Å²) in [5, 5.41) is 0. The predicted octanol–water partition coefficient (Wildman–Crippen LogP) is 4.33. The van der Waals surface area contributed by atoms with Gasteiger partial charge in [0.15, 0.2) is 0 Å². The Morgan fingerprint density at radius 1 is 1.10 bits per heavy atom. The van der Waals surface area contributed by atoms with Crippen LogP contribution in [0.4, 0.5) is 18.9 Å². The zero-order chi connectivity index (χ0) is 15.0. The van der Waals surface area contributed by atoms with Crippen LogP contribution in [0.2, 0.25) is 0 Å². The molecule has 1 aromatic heterocycles. The molecule has 9 heteroatoms. The van der Waals surface area contributed by atoms with Gasteiger partial charge in [0.1, 0.15) is 4.21 Å². The van der Waals surface area contributed by atoms with Gasteiger partial charge in [0.05, 0.1) is 15.0 Å². The van der Waals surface area contributed by atoms with E-state index >= 15 is 0 Å². The first-order valence-electron chi connectivity index (χ1n) is 5.14. The molecule has 2 rings (SSSR count). The fourth-order valence-corrected chi connectivity index (χ4v) is 4.55. The average Bonchev–Trinajstić information content (AvgIpc) is 2.75. The Balaban J connectivity index is 2.40. The molecular formula is C11H7BrF3NO2S2. The van der Waals surface area contributed by atoms with Crippen molar-refractivity contribution in [2.45, 2.75) is 10.4 Å². The lowest BCUT2D eigenvalue weighted by atomic mass is 10.2. The molecule has 2 aromatic rings. The van der Waals surface area contributed by atoms with Gasteiger partial charge in [-0.1, -0.05) is 12.1 Å². The normalized spacial score (nSPS) is 12.4. The van der Waals surface area contributed by atoms with E-state index in [1.165, 1.54) is 24.3 Å². The molecule has 0 aliphatic rings. The number of thiophene rings is 1. The van der Waals surface area contributed by atoms with Crippen LogP contribution in [0.1, 0.15) is 5.56 Å². The fraction of sp³-hybridized carbons (Fsp3) is 0.0909. The van der Waals surface area contributed by atoms with Crippen molar-refractivity contribution in [1.29, 1.82) is 0 Å². The molecule has 0 spiro atoms. The second-order valence-electron chi connectivity index (χ2n) is 3.71. The van der Waals surface area contributed by atoms with Crippen LogP contribution in [0.15, 0.2) is 44.4 Å². The molecule has 0 saturated carbocycles. The number of rotatable bonds is 3. The van der Waals surface area contributed by atoms with Crippen molar-refractivity contribution in [2.75, 3.05) is 4.72 Å². The van der Waals surface area contributed by atoms with E-state index in [0.29, 0.717) is 3.79 Å². The summed E-state index contributed by atoms with van der Waals surface area (Å²) in [7, 11) is -4.04. The van der Waals surface area contributed by atoms with E-state index in [2.05, 4.69) is 15.9 Å². The van der Waals surface area contributed by atoms with E-state index in [-0.39, 0.29) is 4.21 Å². The molecule has 3 nitrogen and oxygen atoms in total. The standard InChI is InChI=1S/C11H7BrF3NO2S2/c12-9-5-6-10(19-9)20(17,18)16-8-4-2-1-3-7(8)11(13,14)15/h1-6,16H. The Morgan fingerprint density at radius 2 is 1.75 bits per heavy atom. The van der Waals surface area contributed by atoms with Gasteiger partial charge in [-0.2, -0.15) is 13.2 Å². The topological polar surface area (TPSA) is 46.2 Å². The number of nitrogens with one attached hydrogen (secondary N) is 1. The number of benzene rings is 1. The second kappa shape index (κ2) is 5.38. The van der Waals surface area contributed by atoms with E-state index in [0.717, 1.165) is 23.5 Å². The summed E-state index contributed by atoms with van der Waals surface area (Å²) in [5.41, 5.74) is -1.52. The van der Waals surface area contributed by atoms with Crippen molar-refractivity contribution in [3.63, 3.8) is 0 Å². The molecule has 20 heavy (non-hydrogen) atoms. The van der Waals surface area contributed by atoms with Crippen molar-refractivity contribution < 1.29 is 21.6 Å². The zero-order valence-corrected chi connectivity index (χ0v) is 12.8. The van der Waals surface area contributed by atoms with E-state index < -0.39 is 27.5 Å². The highest BCUT2D eigenvalue weighted by molar-refractivity contribution is 9.11. The van der Waals surface area contributed by atoms with Crippen LogP contribution < -0.4 is 4.72 Å². The lowest BCUT2D eigenvalue weighted by Gasteiger charge is -2.13. The molecule has 0 aliphatic carbocycles. The first kappa shape index (κ1) is 15.3. The number of anilines is 1. The molecule has 1 aromatic carbocycles. The van der Waals surface area contributed by atoms with Gasteiger partial charge >= 0.3 is 6.18 Å². The van der Waals surface area contributed by atoms with Gasteiger partial charge < -0.3 is 0 Å². The minimum absolute atomic E-state index is 0.0682. The summed E-state index contributed by atoms with van der Waals surface area (Å²) in [4.78, 5) is 0. The fourth-order valence-electron chi connectivity index (χ4n) is 1.46. The molecule has 108 valence electrons. The Morgan fingerprint density at radius 3 is 2.30 bits per heavy atom. The Bertz CT molecular complexity index is 725. The quantitative estimate of drug-likeness (QED) is 0.854. The largest absolute Gasteiger partial charge is 0.418 e. The van der Waals surface area contributed by atoms with Gasteiger partial charge in [0.2, 0.25) is 0 Å². The van der Waals surface area contributed by atoms with E-state index in [4.69, 9.17) is 0 Å². The monoisotopic (exact) mass is 385 g/mol. The SMILES string of the molecule is O=S(=O)(Nc1ccccc1C(F)(F)F)c1ccc(Br)s1. The van der Waals surface area contributed by atoms with Crippen molar-refractivity contribution in [1.82, 2.24) is 0 Å². The molecule has 0 bridgehead atoms. The molecule has 0 atom stereocenters. The lowest BCUT2D eigenvalue weighted by molar-refractivity contribution is -0.136.